The lowest BCUT2D eigenvalue weighted by Crippen LogP contribution is -1.95. The number of aromatic nitrogens is 2. The molecule has 0 fully saturated rings. The quantitative estimate of drug-likeness (QED) is 0.102. The largest absolute Gasteiger partial charge is 0.309 e. The van der Waals surface area contributed by atoms with Gasteiger partial charge in [-0.25, -0.2) is 0 Å². The fourth-order valence-corrected chi connectivity index (χ4v) is 19.4. The average Bonchev–Trinajstić information content (AvgIpc) is 1.63. The average molecular weight is 1550 g/mol. The molecule has 122 heavy (non-hydrogen) atoms. The van der Waals surface area contributed by atoms with Crippen LogP contribution in [0.2, 0.25) is 0 Å². The van der Waals surface area contributed by atoms with E-state index in [2.05, 4.69) is 470 Å². The van der Waals surface area contributed by atoms with Gasteiger partial charge in [0.2, 0.25) is 0 Å². The molecule has 0 aliphatic carbocycles. The first-order chi connectivity index (χ1) is 60.4. The highest BCUT2D eigenvalue weighted by Crippen LogP contribution is 2.48. The van der Waals surface area contributed by atoms with Crippen LogP contribution in [0.15, 0.2) is 461 Å². The molecule has 22 aromatic carbocycles. The third-order valence-corrected chi connectivity index (χ3v) is 25.7. The van der Waals surface area contributed by atoms with E-state index in [0.29, 0.717) is 0 Å². The lowest BCUT2D eigenvalue weighted by Gasteiger charge is -2.20. The number of benzene rings is 22. The summed E-state index contributed by atoms with van der Waals surface area (Å²) in [6, 6.07) is 172. The maximum Gasteiger partial charge on any atom is 0.0541 e. The maximum atomic E-state index is 2.46. The van der Waals surface area contributed by atoms with E-state index in [1.54, 1.807) is 0 Å². The van der Waals surface area contributed by atoms with Gasteiger partial charge in [0.05, 0.1) is 22.1 Å². The molecule has 2 nitrogen and oxygen atoms in total. The molecule has 0 N–H and O–H groups in total. The molecule has 2 aromatic heterocycles. The van der Waals surface area contributed by atoms with Crippen molar-refractivity contribution in [2.75, 3.05) is 0 Å². The summed E-state index contributed by atoms with van der Waals surface area (Å²) in [6.45, 7) is 0. The first-order valence-electron chi connectivity index (χ1n) is 42.2. The molecule has 0 atom stereocenters. The maximum absolute atomic E-state index is 2.46. The second-order valence-electron chi connectivity index (χ2n) is 32.7. The highest BCUT2D eigenvalue weighted by molar-refractivity contribution is 6.23. The third kappa shape index (κ3) is 12.3. The number of hydrogen-bond donors (Lipinski definition) is 0. The van der Waals surface area contributed by atoms with Gasteiger partial charge in [0.25, 0.3) is 0 Å². The van der Waals surface area contributed by atoms with Gasteiger partial charge in [0.1, 0.15) is 0 Å². The molecular formula is C120H76N2. The Morgan fingerprint density at radius 2 is 0.295 bits per heavy atom. The van der Waals surface area contributed by atoms with E-state index >= 15 is 0 Å². The zero-order valence-corrected chi connectivity index (χ0v) is 66.8. The Balaban J connectivity index is 0.589. The van der Waals surface area contributed by atoms with E-state index in [1.165, 1.54) is 186 Å². The minimum atomic E-state index is 1.10. The van der Waals surface area contributed by atoms with Crippen LogP contribution in [0.4, 0.5) is 0 Å². The summed E-state index contributed by atoms with van der Waals surface area (Å²) in [5.74, 6) is 0. The van der Waals surface area contributed by atoms with Gasteiger partial charge in [-0.2, -0.15) is 0 Å². The molecule has 0 aliphatic heterocycles. The van der Waals surface area contributed by atoms with E-state index < -0.39 is 0 Å². The molecule has 0 amide bonds. The van der Waals surface area contributed by atoms with Crippen LogP contribution in [0.1, 0.15) is 0 Å². The molecule has 0 radical (unpaired) electrons. The first-order valence-corrected chi connectivity index (χ1v) is 42.2. The summed E-state index contributed by atoms with van der Waals surface area (Å²) >= 11 is 0. The minimum Gasteiger partial charge on any atom is -0.309 e. The molecule has 0 aliphatic rings. The van der Waals surface area contributed by atoms with E-state index in [0.717, 1.165) is 55.7 Å². The Morgan fingerprint density at radius 1 is 0.107 bits per heavy atom. The van der Waals surface area contributed by atoms with Crippen molar-refractivity contribution in [1.29, 1.82) is 0 Å². The van der Waals surface area contributed by atoms with Gasteiger partial charge < -0.3 is 9.13 Å². The fourth-order valence-electron chi connectivity index (χ4n) is 19.4. The van der Waals surface area contributed by atoms with Crippen LogP contribution in [0.25, 0.3) is 242 Å². The summed E-state index contributed by atoms with van der Waals surface area (Å²) in [7, 11) is 0. The van der Waals surface area contributed by atoms with Gasteiger partial charge in [-0.15, -0.1) is 0 Å². The summed E-state index contributed by atoms with van der Waals surface area (Å²) in [5.41, 5.74) is 33.0. The number of hydrogen-bond acceptors (Lipinski definition) is 0. The van der Waals surface area contributed by atoms with Gasteiger partial charge in [0, 0.05) is 32.9 Å². The van der Waals surface area contributed by atoms with Crippen LogP contribution in [0, 0.1) is 0 Å². The van der Waals surface area contributed by atoms with Crippen molar-refractivity contribution >= 4 is 108 Å². The SMILES string of the molecule is c1ccc(-c2c3ccc(-c4ccc(-n5c6ccc(-c7ccc(-c8ccc9ccccc9c8)cc7)cc6c6cc(-c7ccc8ccccc8c7)ccc65)cc4)cc3c(-c3ccccc3)c3ccc(-c4ccc(-n5c6ccc(-c7ccc(-c8ccc9ccccc9c8)cc7)cc6c6cc(-c7ccc(-c8ccc9ccccc9c8)cc7)ccc65)cc4)cc23)cc1. The fraction of sp³-hybridized carbons (Fsp3) is 0. The number of rotatable bonds is 13. The monoisotopic (exact) mass is 1540 g/mol. The topological polar surface area (TPSA) is 9.86 Å². The van der Waals surface area contributed by atoms with Crippen molar-refractivity contribution in [3.63, 3.8) is 0 Å². The van der Waals surface area contributed by atoms with Crippen LogP contribution in [-0.2, 0) is 0 Å². The molecule has 24 rings (SSSR count). The lowest BCUT2D eigenvalue weighted by atomic mass is 9.84. The number of fused-ring (bicyclic) bond motifs is 12. The molecule has 0 saturated heterocycles. The van der Waals surface area contributed by atoms with Crippen LogP contribution < -0.4 is 0 Å². The van der Waals surface area contributed by atoms with Crippen molar-refractivity contribution in [3.05, 3.63) is 461 Å². The number of nitrogens with zero attached hydrogens (tertiary/aromatic N) is 2. The van der Waals surface area contributed by atoms with Crippen LogP contribution in [0.3, 0.4) is 0 Å². The second-order valence-corrected chi connectivity index (χ2v) is 32.7. The molecule has 0 spiro atoms. The van der Waals surface area contributed by atoms with E-state index in [9.17, 15) is 0 Å². The van der Waals surface area contributed by atoms with Crippen molar-refractivity contribution in [2.24, 2.45) is 0 Å². The molecule has 2 heteroatoms. The summed E-state index contributed by atoms with van der Waals surface area (Å²) < 4.78 is 4.91. The first kappa shape index (κ1) is 70.2. The van der Waals surface area contributed by atoms with E-state index in [4.69, 9.17) is 0 Å². The van der Waals surface area contributed by atoms with Crippen LogP contribution in [0.5, 0.6) is 0 Å². The summed E-state index contributed by atoms with van der Waals surface area (Å²) in [5, 5.41) is 19.6. The Hall–Kier alpha value is -16.0. The lowest BCUT2D eigenvalue weighted by molar-refractivity contribution is 1.18. The van der Waals surface area contributed by atoms with Gasteiger partial charge in [0.15, 0.2) is 0 Å². The summed E-state index contributed by atoms with van der Waals surface area (Å²) in [6.07, 6.45) is 0. The van der Waals surface area contributed by atoms with Gasteiger partial charge in [-0.3, -0.25) is 0 Å². The third-order valence-electron chi connectivity index (χ3n) is 25.7. The minimum absolute atomic E-state index is 1.10. The Labute approximate surface area is 707 Å². The van der Waals surface area contributed by atoms with Crippen LogP contribution in [-0.4, -0.2) is 9.13 Å². The predicted molar refractivity (Wildman–Crippen MR) is 520 cm³/mol. The Morgan fingerprint density at radius 3 is 0.566 bits per heavy atom. The van der Waals surface area contributed by atoms with Gasteiger partial charge >= 0.3 is 0 Å². The molecule has 24 aromatic rings. The van der Waals surface area contributed by atoms with Crippen molar-refractivity contribution in [2.45, 2.75) is 0 Å². The molecule has 566 valence electrons. The van der Waals surface area contributed by atoms with Crippen LogP contribution >= 0.6 is 0 Å². The normalized spacial score (nSPS) is 11.8. The Bertz CT molecular complexity index is 8120. The zero-order chi connectivity index (χ0) is 80.3. The van der Waals surface area contributed by atoms with Crippen molar-refractivity contribution in [1.82, 2.24) is 9.13 Å². The standard InChI is InChI=1S/C120H76N2/c1-3-19-89(20-4-1)119-108-62-52-100(88-49-59-106(60-50-88)122-117-65-55-103(86-37-31-83(32-38-86)97-45-41-79-17-9-13-25-93(79)69-97)73-111(117)112-74-104(56-66-118(112)122)98-46-42-80-18-10-14-26-94(80)70-98)76-114(108)120(90-21-5-2-6-22-90)107-61-51-99(75-113(107)119)87-47-57-105(58-48-87)121-115-63-53-101(84-33-27-81(28-34-84)95-43-39-77-15-7-11-23-91(77)67-95)71-109(115)110-72-102(54-64-116(110)121)85-35-29-82(30-36-85)96-44-40-78-16-8-12-24-92(78)68-96/h1-76H. The zero-order valence-electron chi connectivity index (χ0n) is 66.8. The molecule has 0 saturated carbocycles. The molecule has 2 heterocycles. The molecule has 0 unspecified atom stereocenters. The van der Waals surface area contributed by atoms with Gasteiger partial charge in [-0.1, -0.05) is 352 Å². The highest BCUT2D eigenvalue weighted by Gasteiger charge is 2.23. The van der Waals surface area contributed by atoms with E-state index in [1.807, 2.05) is 0 Å². The van der Waals surface area contributed by atoms with Crippen molar-refractivity contribution in [3.8, 4) is 134 Å². The van der Waals surface area contributed by atoms with Gasteiger partial charge in [-0.05, 0) is 296 Å². The molecule has 0 bridgehead atoms. The highest BCUT2D eigenvalue weighted by atomic mass is 15.0. The second kappa shape index (κ2) is 29.0. The smallest absolute Gasteiger partial charge is 0.0541 e. The van der Waals surface area contributed by atoms with Crippen molar-refractivity contribution < 1.29 is 0 Å². The predicted octanol–water partition coefficient (Wildman–Crippen LogP) is 33.1. The van der Waals surface area contributed by atoms with E-state index in [-0.39, 0.29) is 0 Å². The Kier molecular flexibility index (Phi) is 16.7. The summed E-state index contributed by atoms with van der Waals surface area (Å²) in [4.78, 5) is 0. The molecular weight excluding hydrogens is 1470 g/mol.